The molecule has 1 aliphatic heterocycles. The van der Waals surface area contributed by atoms with Gasteiger partial charge in [0.05, 0.1) is 20.1 Å². The number of hydrogen-bond acceptors (Lipinski definition) is 4. The Labute approximate surface area is 97.7 Å². The molecule has 0 aromatic carbocycles. The fourth-order valence-electron chi connectivity index (χ4n) is 2.08. The van der Waals surface area contributed by atoms with Gasteiger partial charge in [-0.1, -0.05) is 6.92 Å². The highest BCUT2D eigenvalue weighted by Gasteiger charge is 2.25. The Hall–Kier alpha value is -0.610. The lowest BCUT2D eigenvalue weighted by molar-refractivity contribution is -0.141. The van der Waals surface area contributed by atoms with E-state index >= 15 is 0 Å². The van der Waals surface area contributed by atoms with E-state index in [0.29, 0.717) is 12.3 Å². The summed E-state index contributed by atoms with van der Waals surface area (Å²) in [5.41, 5.74) is 0. The third kappa shape index (κ3) is 4.49. The summed E-state index contributed by atoms with van der Waals surface area (Å²) in [7, 11) is 1.44. The highest BCUT2D eigenvalue weighted by atomic mass is 16.5. The van der Waals surface area contributed by atoms with Crippen LogP contribution in [0.2, 0.25) is 0 Å². The molecule has 1 rings (SSSR count). The number of hydrogen-bond donors (Lipinski definition) is 1. The summed E-state index contributed by atoms with van der Waals surface area (Å²) in [6.45, 7) is 4.69. The Kier molecular flexibility index (Phi) is 6.42. The van der Waals surface area contributed by atoms with Gasteiger partial charge in [0, 0.05) is 12.6 Å². The average Bonchev–Trinajstić information content (AvgIpc) is 2.35. The Balaban J connectivity index is 2.43. The van der Waals surface area contributed by atoms with Crippen LogP contribution in [-0.2, 0) is 14.3 Å². The maximum atomic E-state index is 11.3. The largest absolute Gasteiger partial charge is 0.469 e. The standard InChI is InChI=1S/C12H23NO3/c1-3-6-13-11(8-12(14)15-2)10-5-4-7-16-9-10/h10-11,13H,3-9H2,1-2H3. The number of carbonyl (C=O) groups is 1. The van der Waals surface area contributed by atoms with Gasteiger partial charge in [-0.2, -0.15) is 0 Å². The van der Waals surface area contributed by atoms with Crippen LogP contribution in [0, 0.1) is 5.92 Å². The van der Waals surface area contributed by atoms with Crippen LogP contribution < -0.4 is 5.32 Å². The van der Waals surface area contributed by atoms with Crippen molar-refractivity contribution < 1.29 is 14.3 Å². The summed E-state index contributed by atoms with van der Waals surface area (Å²) in [6, 6.07) is 0.202. The van der Waals surface area contributed by atoms with Crippen LogP contribution in [0.3, 0.4) is 0 Å². The molecule has 1 fully saturated rings. The number of nitrogens with one attached hydrogen (secondary N) is 1. The van der Waals surface area contributed by atoms with Crippen LogP contribution in [0.25, 0.3) is 0 Å². The lowest BCUT2D eigenvalue weighted by Gasteiger charge is -2.30. The molecule has 16 heavy (non-hydrogen) atoms. The Morgan fingerprint density at radius 1 is 1.62 bits per heavy atom. The van der Waals surface area contributed by atoms with Gasteiger partial charge in [0.1, 0.15) is 0 Å². The molecule has 0 spiro atoms. The van der Waals surface area contributed by atoms with Gasteiger partial charge in [-0.15, -0.1) is 0 Å². The van der Waals surface area contributed by atoms with Crippen LogP contribution in [-0.4, -0.2) is 38.9 Å². The van der Waals surface area contributed by atoms with E-state index in [1.165, 1.54) is 7.11 Å². The molecule has 94 valence electrons. The van der Waals surface area contributed by atoms with E-state index in [1.807, 2.05) is 0 Å². The SMILES string of the molecule is CCCNC(CC(=O)OC)C1CCCOC1. The van der Waals surface area contributed by atoms with Crippen molar-refractivity contribution in [2.24, 2.45) is 5.92 Å². The van der Waals surface area contributed by atoms with E-state index in [-0.39, 0.29) is 12.0 Å². The second kappa shape index (κ2) is 7.63. The van der Waals surface area contributed by atoms with Gasteiger partial charge >= 0.3 is 5.97 Å². The van der Waals surface area contributed by atoms with Crippen LogP contribution >= 0.6 is 0 Å². The smallest absolute Gasteiger partial charge is 0.307 e. The first-order valence-electron chi connectivity index (χ1n) is 6.15. The van der Waals surface area contributed by atoms with Gasteiger partial charge in [-0.3, -0.25) is 4.79 Å². The molecule has 4 heteroatoms. The molecule has 0 radical (unpaired) electrons. The van der Waals surface area contributed by atoms with Crippen molar-refractivity contribution in [1.29, 1.82) is 0 Å². The van der Waals surface area contributed by atoms with Gasteiger partial charge in [0.2, 0.25) is 0 Å². The Morgan fingerprint density at radius 3 is 3.00 bits per heavy atom. The highest BCUT2D eigenvalue weighted by molar-refractivity contribution is 5.69. The lowest BCUT2D eigenvalue weighted by atomic mass is 9.91. The zero-order valence-electron chi connectivity index (χ0n) is 10.3. The minimum absolute atomic E-state index is 0.140. The molecule has 0 amide bonds. The molecule has 1 aliphatic rings. The molecular formula is C12H23NO3. The maximum Gasteiger partial charge on any atom is 0.307 e. The highest BCUT2D eigenvalue weighted by Crippen LogP contribution is 2.19. The summed E-state index contributed by atoms with van der Waals surface area (Å²) < 4.78 is 10.2. The summed E-state index contributed by atoms with van der Waals surface area (Å²) >= 11 is 0. The molecule has 0 aromatic rings. The first kappa shape index (κ1) is 13.5. The molecule has 4 nitrogen and oxygen atoms in total. The third-order valence-corrected chi connectivity index (χ3v) is 3.04. The monoisotopic (exact) mass is 229 g/mol. The summed E-state index contributed by atoms with van der Waals surface area (Å²) in [6.07, 6.45) is 3.75. The quantitative estimate of drug-likeness (QED) is 0.698. The molecule has 0 aromatic heterocycles. The molecule has 2 atom stereocenters. The Bertz CT molecular complexity index is 202. The normalized spacial score (nSPS) is 22.8. The minimum atomic E-state index is -0.140. The lowest BCUT2D eigenvalue weighted by Crippen LogP contribution is -2.42. The second-order valence-corrected chi connectivity index (χ2v) is 4.32. The van der Waals surface area contributed by atoms with Crippen LogP contribution in [0.1, 0.15) is 32.6 Å². The fourth-order valence-corrected chi connectivity index (χ4v) is 2.08. The average molecular weight is 229 g/mol. The summed E-state index contributed by atoms with van der Waals surface area (Å²) in [4.78, 5) is 11.3. The van der Waals surface area contributed by atoms with Crippen molar-refractivity contribution >= 4 is 5.97 Å². The van der Waals surface area contributed by atoms with E-state index in [9.17, 15) is 4.79 Å². The first-order valence-corrected chi connectivity index (χ1v) is 6.15. The van der Waals surface area contributed by atoms with Crippen molar-refractivity contribution in [3.63, 3.8) is 0 Å². The number of methoxy groups -OCH3 is 1. The number of esters is 1. The molecule has 1 saturated heterocycles. The van der Waals surface area contributed by atoms with Gasteiger partial charge < -0.3 is 14.8 Å². The second-order valence-electron chi connectivity index (χ2n) is 4.32. The van der Waals surface area contributed by atoms with Gasteiger partial charge in [-0.25, -0.2) is 0 Å². The zero-order chi connectivity index (χ0) is 11.8. The summed E-state index contributed by atoms with van der Waals surface area (Å²) in [5, 5.41) is 3.42. The molecule has 2 unspecified atom stereocenters. The first-order chi connectivity index (χ1) is 7.77. The third-order valence-electron chi connectivity index (χ3n) is 3.04. The van der Waals surface area contributed by atoms with Gasteiger partial charge in [-0.05, 0) is 31.7 Å². The zero-order valence-corrected chi connectivity index (χ0v) is 10.3. The molecule has 0 saturated carbocycles. The van der Waals surface area contributed by atoms with Crippen molar-refractivity contribution in [2.45, 2.75) is 38.6 Å². The van der Waals surface area contributed by atoms with Crippen LogP contribution in [0.5, 0.6) is 0 Å². The topological polar surface area (TPSA) is 47.6 Å². The number of carbonyl (C=O) groups excluding carboxylic acids is 1. The van der Waals surface area contributed by atoms with Gasteiger partial charge in [0.15, 0.2) is 0 Å². The summed E-state index contributed by atoms with van der Waals surface area (Å²) in [5.74, 6) is 0.304. The van der Waals surface area contributed by atoms with Crippen LogP contribution in [0.15, 0.2) is 0 Å². The van der Waals surface area contributed by atoms with Gasteiger partial charge in [0.25, 0.3) is 0 Å². The fraction of sp³-hybridized carbons (Fsp3) is 0.917. The van der Waals surface area contributed by atoms with Crippen molar-refractivity contribution in [2.75, 3.05) is 26.9 Å². The van der Waals surface area contributed by atoms with Crippen molar-refractivity contribution in [1.82, 2.24) is 5.32 Å². The van der Waals surface area contributed by atoms with Crippen molar-refractivity contribution in [3.05, 3.63) is 0 Å². The predicted octanol–water partition coefficient (Wildman–Crippen LogP) is 1.34. The Morgan fingerprint density at radius 2 is 2.44 bits per heavy atom. The molecule has 1 N–H and O–H groups in total. The maximum absolute atomic E-state index is 11.3. The number of rotatable bonds is 6. The minimum Gasteiger partial charge on any atom is -0.469 e. The van der Waals surface area contributed by atoms with E-state index in [1.54, 1.807) is 0 Å². The van der Waals surface area contributed by atoms with E-state index in [0.717, 1.165) is 39.0 Å². The van der Waals surface area contributed by atoms with E-state index in [2.05, 4.69) is 12.2 Å². The van der Waals surface area contributed by atoms with Crippen molar-refractivity contribution in [3.8, 4) is 0 Å². The van der Waals surface area contributed by atoms with Crippen LogP contribution in [0.4, 0.5) is 0 Å². The molecule has 1 heterocycles. The predicted molar refractivity (Wildman–Crippen MR) is 62.3 cm³/mol. The molecular weight excluding hydrogens is 206 g/mol. The molecule has 0 aliphatic carbocycles. The van der Waals surface area contributed by atoms with E-state index in [4.69, 9.17) is 9.47 Å². The number of ether oxygens (including phenoxy) is 2. The molecule has 0 bridgehead atoms. The van der Waals surface area contributed by atoms with E-state index < -0.39 is 0 Å².